The number of rotatable bonds is 5. The molecule has 0 saturated heterocycles. The minimum absolute atomic E-state index is 0.806. The Morgan fingerprint density at radius 3 is 2.24 bits per heavy atom. The minimum atomic E-state index is 0.806. The van der Waals surface area contributed by atoms with Gasteiger partial charge in [0.15, 0.2) is 0 Å². The maximum Gasteiger partial charge on any atom is 0.130 e. The summed E-state index contributed by atoms with van der Waals surface area (Å²) in [6.07, 6.45) is 0. The highest BCUT2D eigenvalue weighted by Crippen LogP contribution is 2.30. The fourth-order valence-corrected chi connectivity index (χ4v) is 2.41. The third-order valence-corrected chi connectivity index (χ3v) is 4.05. The van der Waals surface area contributed by atoms with Crippen LogP contribution in [0.5, 0.6) is 11.5 Å². The van der Waals surface area contributed by atoms with Crippen LogP contribution in [0.25, 0.3) is 0 Å². The van der Waals surface area contributed by atoms with Crippen molar-refractivity contribution < 1.29 is 4.74 Å². The number of hydrogen-bond acceptors (Lipinski definition) is 2. The Labute approximate surface area is 132 Å². The number of nitrogens with one attached hydrogen (secondary N) is 1. The van der Waals surface area contributed by atoms with Crippen molar-refractivity contribution in [3.8, 4) is 11.5 Å². The molecule has 0 saturated carbocycles. The predicted molar refractivity (Wildman–Crippen MR) is 89.6 cm³/mol. The average Bonchev–Trinajstić information content (AvgIpc) is 2.45. The van der Waals surface area contributed by atoms with E-state index in [9.17, 15) is 0 Å². The summed E-state index contributed by atoms with van der Waals surface area (Å²) < 4.78 is 6.01. The first-order valence-corrected chi connectivity index (χ1v) is 7.64. The van der Waals surface area contributed by atoms with Crippen LogP contribution in [0.2, 0.25) is 5.02 Å². The molecule has 0 aromatic heterocycles. The molecule has 3 heteroatoms. The van der Waals surface area contributed by atoms with Crippen molar-refractivity contribution in [3.05, 3.63) is 57.6 Å². The molecule has 0 atom stereocenters. The lowest BCUT2D eigenvalue weighted by Crippen LogP contribution is -2.11. The molecule has 2 aromatic rings. The molecular weight excluding hydrogens is 282 g/mol. The number of benzene rings is 2. The van der Waals surface area contributed by atoms with E-state index in [1.807, 2.05) is 32.0 Å². The van der Waals surface area contributed by atoms with E-state index in [1.54, 1.807) is 0 Å². The minimum Gasteiger partial charge on any atom is -0.457 e. The summed E-state index contributed by atoms with van der Waals surface area (Å²) in [6, 6.07) is 10.2. The molecule has 1 N–H and O–H groups in total. The van der Waals surface area contributed by atoms with E-state index in [0.29, 0.717) is 0 Å². The number of aryl methyl sites for hydroxylation is 3. The van der Waals surface area contributed by atoms with Crippen molar-refractivity contribution in [3.63, 3.8) is 0 Å². The van der Waals surface area contributed by atoms with Crippen LogP contribution in [0.1, 0.15) is 29.2 Å². The van der Waals surface area contributed by atoms with Crippen LogP contribution in [-0.4, -0.2) is 6.54 Å². The molecule has 2 nitrogen and oxygen atoms in total. The van der Waals surface area contributed by atoms with Gasteiger partial charge in [0.25, 0.3) is 0 Å². The van der Waals surface area contributed by atoms with Crippen LogP contribution < -0.4 is 10.1 Å². The second-order valence-corrected chi connectivity index (χ2v) is 5.73. The number of halogens is 1. The van der Waals surface area contributed by atoms with E-state index in [1.165, 1.54) is 5.56 Å². The summed E-state index contributed by atoms with van der Waals surface area (Å²) in [5.74, 6) is 1.72. The summed E-state index contributed by atoms with van der Waals surface area (Å²) in [6.45, 7) is 10.0. The van der Waals surface area contributed by atoms with Gasteiger partial charge in [-0.2, -0.15) is 0 Å². The predicted octanol–water partition coefficient (Wildman–Crippen LogP) is 5.17. The second-order valence-electron chi connectivity index (χ2n) is 5.35. The van der Waals surface area contributed by atoms with Crippen LogP contribution in [0, 0.1) is 20.8 Å². The quantitative estimate of drug-likeness (QED) is 0.823. The molecule has 0 spiro atoms. The second kappa shape index (κ2) is 6.97. The van der Waals surface area contributed by atoms with Gasteiger partial charge in [-0.1, -0.05) is 30.7 Å². The Morgan fingerprint density at radius 1 is 1.00 bits per heavy atom. The highest BCUT2D eigenvalue weighted by Gasteiger charge is 2.07. The maximum absolute atomic E-state index is 6.19. The molecule has 0 aliphatic heterocycles. The van der Waals surface area contributed by atoms with Crippen molar-refractivity contribution in [2.45, 2.75) is 34.2 Å². The first-order valence-electron chi connectivity index (χ1n) is 7.26. The Bertz CT molecular complexity index is 614. The third-order valence-electron chi connectivity index (χ3n) is 3.46. The lowest BCUT2D eigenvalue weighted by atomic mass is 10.1. The summed E-state index contributed by atoms with van der Waals surface area (Å²) in [5, 5.41) is 4.13. The monoisotopic (exact) mass is 303 g/mol. The molecule has 112 valence electrons. The fraction of sp³-hybridized carbons (Fsp3) is 0.333. The van der Waals surface area contributed by atoms with Crippen molar-refractivity contribution >= 4 is 11.6 Å². The van der Waals surface area contributed by atoms with E-state index in [2.05, 4.69) is 31.3 Å². The van der Waals surface area contributed by atoms with Crippen molar-refractivity contribution in [2.24, 2.45) is 0 Å². The molecular formula is C18H22ClNO. The zero-order valence-corrected chi connectivity index (χ0v) is 13.8. The average molecular weight is 304 g/mol. The summed E-state index contributed by atoms with van der Waals surface area (Å²) in [7, 11) is 0. The van der Waals surface area contributed by atoms with E-state index in [-0.39, 0.29) is 0 Å². The molecule has 0 aliphatic carbocycles. The molecule has 0 fully saturated rings. The molecule has 2 rings (SSSR count). The van der Waals surface area contributed by atoms with Gasteiger partial charge >= 0.3 is 0 Å². The van der Waals surface area contributed by atoms with E-state index in [0.717, 1.165) is 46.3 Å². The van der Waals surface area contributed by atoms with Crippen LogP contribution in [0.3, 0.4) is 0 Å². The van der Waals surface area contributed by atoms with Crippen LogP contribution >= 0.6 is 11.6 Å². The molecule has 0 heterocycles. The maximum atomic E-state index is 6.19. The molecule has 0 aliphatic rings. The Kier molecular flexibility index (Phi) is 5.27. The van der Waals surface area contributed by atoms with E-state index in [4.69, 9.17) is 16.3 Å². The normalized spacial score (nSPS) is 10.7. The highest BCUT2D eigenvalue weighted by molar-refractivity contribution is 6.32. The van der Waals surface area contributed by atoms with E-state index >= 15 is 0 Å². The Morgan fingerprint density at radius 2 is 1.67 bits per heavy atom. The molecule has 0 radical (unpaired) electrons. The summed E-state index contributed by atoms with van der Waals surface area (Å²) >= 11 is 6.19. The van der Waals surface area contributed by atoms with Gasteiger partial charge in [-0.05, 0) is 67.8 Å². The van der Waals surface area contributed by atoms with Gasteiger partial charge in [0, 0.05) is 11.6 Å². The summed E-state index contributed by atoms with van der Waals surface area (Å²) in [4.78, 5) is 0. The van der Waals surface area contributed by atoms with Crippen molar-refractivity contribution in [1.82, 2.24) is 5.32 Å². The van der Waals surface area contributed by atoms with Gasteiger partial charge < -0.3 is 10.1 Å². The highest BCUT2D eigenvalue weighted by atomic mass is 35.5. The lowest BCUT2D eigenvalue weighted by molar-refractivity contribution is 0.477. The first kappa shape index (κ1) is 15.9. The molecule has 0 unspecified atom stereocenters. The third kappa shape index (κ3) is 3.99. The smallest absolute Gasteiger partial charge is 0.130 e. The molecule has 0 amide bonds. The molecule has 0 bridgehead atoms. The molecule has 2 aromatic carbocycles. The first-order chi connectivity index (χ1) is 10.0. The summed E-state index contributed by atoms with van der Waals surface area (Å²) in [5.41, 5.74) is 4.47. The Balaban J connectivity index is 2.20. The fourth-order valence-electron chi connectivity index (χ4n) is 2.30. The Hall–Kier alpha value is -1.51. The zero-order valence-electron chi connectivity index (χ0n) is 13.1. The van der Waals surface area contributed by atoms with Gasteiger partial charge in [0.05, 0.1) is 0 Å². The van der Waals surface area contributed by atoms with Crippen LogP contribution in [0.15, 0.2) is 30.3 Å². The zero-order chi connectivity index (χ0) is 15.4. The number of ether oxygens (including phenoxy) is 1. The van der Waals surface area contributed by atoms with Gasteiger partial charge in [0.2, 0.25) is 0 Å². The topological polar surface area (TPSA) is 21.3 Å². The standard InChI is InChI=1S/C18H22ClNO/c1-5-20-11-15-6-7-17(12(2)8-15)21-16-9-13(3)18(19)14(4)10-16/h6-10,20H,5,11H2,1-4H3. The van der Waals surface area contributed by atoms with Gasteiger partial charge in [-0.15, -0.1) is 0 Å². The van der Waals surface area contributed by atoms with Crippen molar-refractivity contribution in [1.29, 1.82) is 0 Å². The van der Waals surface area contributed by atoms with Gasteiger partial charge in [-0.3, -0.25) is 0 Å². The largest absolute Gasteiger partial charge is 0.457 e. The number of hydrogen-bond donors (Lipinski definition) is 1. The van der Waals surface area contributed by atoms with Crippen molar-refractivity contribution in [2.75, 3.05) is 6.54 Å². The molecule has 21 heavy (non-hydrogen) atoms. The lowest BCUT2D eigenvalue weighted by Gasteiger charge is -2.13. The SMILES string of the molecule is CCNCc1ccc(Oc2cc(C)c(Cl)c(C)c2)c(C)c1. The van der Waals surface area contributed by atoms with Gasteiger partial charge in [-0.25, -0.2) is 0 Å². The van der Waals surface area contributed by atoms with Crippen LogP contribution in [-0.2, 0) is 6.54 Å². The van der Waals surface area contributed by atoms with E-state index < -0.39 is 0 Å². The van der Waals surface area contributed by atoms with Gasteiger partial charge in [0.1, 0.15) is 11.5 Å². The van der Waals surface area contributed by atoms with Crippen LogP contribution in [0.4, 0.5) is 0 Å².